The van der Waals surface area contributed by atoms with Crippen molar-refractivity contribution in [3.8, 4) is 16.8 Å². The molecule has 0 radical (unpaired) electrons. The molecule has 108 valence electrons. The van der Waals surface area contributed by atoms with Crippen LogP contribution < -0.4 is 5.56 Å². The molecular weight excluding hydrogens is 280 g/mol. The van der Waals surface area contributed by atoms with E-state index in [1.807, 2.05) is 12.1 Å². The van der Waals surface area contributed by atoms with Gasteiger partial charge in [0.2, 0.25) is 0 Å². The lowest BCUT2D eigenvalue weighted by Gasteiger charge is -2.08. The summed E-state index contributed by atoms with van der Waals surface area (Å²) in [6.45, 7) is 0. The van der Waals surface area contributed by atoms with Gasteiger partial charge in [-0.25, -0.2) is 0 Å². The van der Waals surface area contributed by atoms with E-state index in [0.29, 0.717) is 16.8 Å². The summed E-state index contributed by atoms with van der Waals surface area (Å²) in [7, 11) is 0. The van der Waals surface area contributed by atoms with Crippen molar-refractivity contribution >= 4 is 5.69 Å². The molecule has 1 aromatic heterocycles. The molecule has 0 fully saturated rings. The molecule has 3 rings (SSSR count). The van der Waals surface area contributed by atoms with E-state index < -0.39 is 4.92 Å². The Kier molecular flexibility index (Phi) is 3.53. The van der Waals surface area contributed by atoms with Crippen molar-refractivity contribution in [2.75, 3.05) is 0 Å². The van der Waals surface area contributed by atoms with Crippen LogP contribution in [0.5, 0.6) is 0 Å². The van der Waals surface area contributed by atoms with Crippen LogP contribution in [0.15, 0.2) is 77.7 Å². The van der Waals surface area contributed by atoms with E-state index in [2.05, 4.69) is 0 Å². The van der Waals surface area contributed by atoms with Gasteiger partial charge in [0.25, 0.3) is 11.2 Å². The number of nitro groups is 1. The Morgan fingerprint density at radius 1 is 0.909 bits per heavy atom. The second kappa shape index (κ2) is 5.65. The van der Waals surface area contributed by atoms with Crippen LogP contribution in [-0.2, 0) is 0 Å². The molecule has 0 bridgehead atoms. The van der Waals surface area contributed by atoms with Gasteiger partial charge in [-0.2, -0.15) is 0 Å². The number of rotatable bonds is 3. The van der Waals surface area contributed by atoms with E-state index >= 15 is 0 Å². The number of pyridine rings is 1. The number of hydrogen-bond donors (Lipinski definition) is 0. The first-order valence-corrected chi connectivity index (χ1v) is 6.69. The maximum absolute atomic E-state index is 12.7. The third kappa shape index (κ3) is 2.52. The molecule has 0 aliphatic heterocycles. The van der Waals surface area contributed by atoms with Crippen LogP contribution in [0.1, 0.15) is 0 Å². The van der Waals surface area contributed by atoms with Crippen molar-refractivity contribution in [3.63, 3.8) is 0 Å². The highest BCUT2D eigenvalue weighted by molar-refractivity contribution is 5.65. The first kappa shape index (κ1) is 13.8. The standard InChI is InChI=1S/C17H12N2O3/c20-17-16(13-7-3-1-4-8-13)11-15(19(21)22)12-18(17)14-9-5-2-6-10-14/h1-12H. The van der Waals surface area contributed by atoms with Crippen LogP contribution in [0.2, 0.25) is 0 Å². The first-order valence-electron chi connectivity index (χ1n) is 6.69. The van der Waals surface area contributed by atoms with E-state index in [1.165, 1.54) is 16.8 Å². The summed E-state index contributed by atoms with van der Waals surface area (Å²) in [6.07, 6.45) is 1.25. The zero-order valence-electron chi connectivity index (χ0n) is 11.5. The molecule has 3 aromatic rings. The maximum atomic E-state index is 12.7. The van der Waals surface area contributed by atoms with Gasteiger partial charge in [-0.3, -0.25) is 19.5 Å². The minimum absolute atomic E-state index is 0.123. The van der Waals surface area contributed by atoms with Gasteiger partial charge in [0.15, 0.2) is 0 Å². The van der Waals surface area contributed by atoms with Crippen molar-refractivity contribution in [2.24, 2.45) is 0 Å². The molecule has 22 heavy (non-hydrogen) atoms. The van der Waals surface area contributed by atoms with Crippen LogP contribution in [0.3, 0.4) is 0 Å². The van der Waals surface area contributed by atoms with Crippen molar-refractivity contribution in [2.45, 2.75) is 0 Å². The lowest BCUT2D eigenvalue weighted by atomic mass is 10.1. The maximum Gasteiger partial charge on any atom is 0.286 e. The van der Waals surface area contributed by atoms with Crippen molar-refractivity contribution < 1.29 is 4.92 Å². The van der Waals surface area contributed by atoms with Gasteiger partial charge in [-0.15, -0.1) is 0 Å². The lowest BCUT2D eigenvalue weighted by molar-refractivity contribution is -0.385. The highest BCUT2D eigenvalue weighted by Gasteiger charge is 2.15. The van der Waals surface area contributed by atoms with E-state index in [1.54, 1.807) is 48.5 Å². The van der Waals surface area contributed by atoms with Crippen LogP contribution >= 0.6 is 0 Å². The average Bonchev–Trinajstić information content (AvgIpc) is 2.56. The summed E-state index contributed by atoms with van der Waals surface area (Å²) in [6, 6.07) is 19.1. The van der Waals surface area contributed by atoms with Gasteiger partial charge in [-0.1, -0.05) is 48.5 Å². The number of benzene rings is 2. The molecule has 0 spiro atoms. The fourth-order valence-corrected chi connectivity index (χ4v) is 2.27. The fraction of sp³-hybridized carbons (Fsp3) is 0. The highest BCUT2D eigenvalue weighted by atomic mass is 16.6. The number of hydrogen-bond acceptors (Lipinski definition) is 3. The molecule has 0 unspecified atom stereocenters. The average molecular weight is 292 g/mol. The molecule has 1 heterocycles. The van der Waals surface area contributed by atoms with Crippen molar-refractivity contribution in [1.82, 2.24) is 4.57 Å². The third-order valence-corrected chi connectivity index (χ3v) is 3.33. The topological polar surface area (TPSA) is 65.1 Å². The van der Waals surface area contributed by atoms with Gasteiger partial charge in [0, 0.05) is 11.8 Å². The number of para-hydroxylation sites is 1. The molecule has 0 amide bonds. The third-order valence-electron chi connectivity index (χ3n) is 3.33. The normalized spacial score (nSPS) is 10.4. The molecule has 5 nitrogen and oxygen atoms in total. The smallest absolute Gasteiger partial charge is 0.277 e. The quantitative estimate of drug-likeness (QED) is 0.549. The molecule has 0 saturated carbocycles. The molecule has 5 heteroatoms. The van der Waals surface area contributed by atoms with Crippen LogP contribution in [0.25, 0.3) is 16.8 Å². The zero-order chi connectivity index (χ0) is 15.5. The van der Waals surface area contributed by atoms with Crippen LogP contribution in [0, 0.1) is 10.1 Å². The SMILES string of the molecule is O=c1c(-c2ccccc2)cc([N+](=O)[O-])cn1-c1ccccc1. The molecule has 0 saturated heterocycles. The monoisotopic (exact) mass is 292 g/mol. The molecule has 0 N–H and O–H groups in total. The van der Waals surface area contributed by atoms with Gasteiger partial charge < -0.3 is 0 Å². The second-order valence-electron chi connectivity index (χ2n) is 4.75. The minimum atomic E-state index is -0.495. The molecule has 2 aromatic carbocycles. The summed E-state index contributed by atoms with van der Waals surface area (Å²) >= 11 is 0. The first-order chi connectivity index (χ1) is 10.7. The number of nitrogens with zero attached hydrogens (tertiary/aromatic N) is 2. The Labute approximate surface area is 126 Å². The Morgan fingerprint density at radius 2 is 1.50 bits per heavy atom. The van der Waals surface area contributed by atoms with Crippen molar-refractivity contribution in [1.29, 1.82) is 0 Å². The predicted molar refractivity (Wildman–Crippen MR) is 84.1 cm³/mol. The summed E-state index contributed by atoms with van der Waals surface area (Å²) in [5, 5.41) is 11.2. The summed E-state index contributed by atoms with van der Waals surface area (Å²) in [4.78, 5) is 23.4. The van der Waals surface area contributed by atoms with Gasteiger partial charge in [0.05, 0.1) is 16.7 Å². The molecule has 0 aliphatic carbocycles. The zero-order valence-corrected chi connectivity index (χ0v) is 11.5. The Hall–Kier alpha value is -3.21. The number of aromatic nitrogens is 1. The lowest BCUT2D eigenvalue weighted by Crippen LogP contribution is -2.20. The van der Waals surface area contributed by atoms with Gasteiger partial charge in [0.1, 0.15) is 0 Å². The summed E-state index contributed by atoms with van der Waals surface area (Å²) in [5.41, 5.74) is 1.14. The Morgan fingerprint density at radius 3 is 2.09 bits per heavy atom. The fourth-order valence-electron chi connectivity index (χ4n) is 2.27. The molecular formula is C17H12N2O3. The van der Waals surface area contributed by atoms with Crippen molar-refractivity contribution in [3.05, 3.63) is 93.4 Å². The van der Waals surface area contributed by atoms with E-state index in [-0.39, 0.29) is 11.2 Å². The Balaban J connectivity index is 2.30. The van der Waals surface area contributed by atoms with Gasteiger partial charge >= 0.3 is 0 Å². The summed E-state index contributed by atoms with van der Waals surface area (Å²) in [5.74, 6) is 0. The molecule has 0 atom stereocenters. The molecule has 0 aliphatic rings. The van der Waals surface area contributed by atoms with Gasteiger partial charge in [-0.05, 0) is 17.7 Å². The predicted octanol–water partition coefficient (Wildman–Crippen LogP) is 3.41. The highest BCUT2D eigenvalue weighted by Crippen LogP contribution is 2.21. The van der Waals surface area contributed by atoms with E-state index in [9.17, 15) is 14.9 Å². The van der Waals surface area contributed by atoms with Crippen LogP contribution in [0.4, 0.5) is 5.69 Å². The minimum Gasteiger partial charge on any atom is -0.277 e. The van der Waals surface area contributed by atoms with E-state index in [4.69, 9.17) is 0 Å². The van der Waals surface area contributed by atoms with Crippen LogP contribution in [-0.4, -0.2) is 9.49 Å². The Bertz CT molecular complexity index is 808. The van der Waals surface area contributed by atoms with E-state index in [0.717, 1.165) is 0 Å². The largest absolute Gasteiger partial charge is 0.286 e. The second-order valence-corrected chi connectivity index (χ2v) is 4.75. The summed E-state index contributed by atoms with van der Waals surface area (Å²) < 4.78 is 1.31.